The molecule has 0 aromatic rings. The van der Waals surface area contributed by atoms with Gasteiger partial charge in [-0.1, -0.05) is 0 Å². The molecule has 19 heavy (non-hydrogen) atoms. The maximum Gasteiger partial charge on any atom is -1.00 e. The van der Waals surface area contributed by atoms with Crippen LogP contribution in [0.5, 0.6) is 0 Å². The van der Waals surface area contributed by atoms with Gasteiger partial charge in [0.05, 0.1) is 0 Å². The van der Waals surface area contributed by atoms with Gasteiger partial charge in [-0.2, -0.15) is 0 Å². The van der Waals surface area contributed by atoms with E-state index in [4.69, 9.17) is 0 Å². The standard InChI is InChI=1S/C9H13.C7H9.2ClH.Zr/c1-3-8-5-6-9(4-2)7-8;1-6-3-4-7(2)5-6;;;/h5-7H,3-4H2,1-2H3;3-5H,1-2H3;2*1H;/q;;;;+2/p-2. The van der Waals surface area contributed by atoms with E-state index in [1.54, 1.807) is 5.57 Å². The van der Waals surface area contributed by atoms with E-state index < -0.39 is 23.2 Å². The number of rotatable bonds is 4. The molecule has 104 valence electrons. The van der Waals surface area contributed by atoms with E-state index in [0.29, 0.717) is 6.25 Å². The second-order valence-electron chi connectivity index (χ2n) is 5.43. The summed E-state index contributed by atoms with van der Waals surface area (Å²) >= 11 is -0.560. The zero-order valence-corrected chi connectivity index (χ0v) is 16.1. The molecule has 0 spiro atoms. The fourth-order valence-electron chi connectivity index (χ4n) is 2.74. The van der Waals surface area contributed by atoms with Crippen LogP contribution in [0.25, 0.3) is 0 Å². The van der Waals surface area contributed by atoms with Crippen LogP contribution in [0.2, 0.25) is 6.25 Å². The number of hydrogen-bond donors (Lipinski definition) is 0. The summed E-state index contributed by atoms with van der Waals surface area (Å²) in [5, 5.41) is 0. The Morgan fingerprint density at radius 2 is 1.74 bits per heavy atom. The van der Waals surface area contributed by atoms with E-state index in [-0.39, 0.29) is 24.8 Å². The number of hydrogen-bond acceptors (Lipinski definition) is 0. The zero-order chi connectivity index (χ0) is 12.5. The van der Waals surface area contributed by atoms with Crippen molar-refractivity contribution in [2.45, 2.75) is 46.8 Å². The fraction of sp³-hybridized carbons (Fsp3) is 0.500. The second kappa shape index (κ2) is 7.44. The van der Waals surface area contributed by atoms with E-state index in [1.165, 1.54) is 18.4 Å². The summed E-state index contributed by atoms with van der Waals surface area (Å²) in [7, 11) is 0. The average Bonchev–Trinajstić information content (AvgIpc) is 2.84. The van der Waals surface area contributed by atoms with Crippen molar-refractivity contribution in [3.8, 4) is 0 Å². The Bertz CT molecular complexity index is 434. The molecule has 2 unspecified atom stereocenters. The van der Waals surface area contributed by atoms with Crippen LogP contribution in [0.4, 0.5) is 0 Å². The molecule has 0 amide bonds. The van der Waals surface area contributed by atoms with Gasteiger partial charge in [0.15, 0.2) is 0 Å². The Kier molecular flexibility index (Phi) is 7.60. The molecular weight excluding hydrogens is 354 g/mol. The molecule has 2 atom stereocenters. The number of halogens is 2. The summed E-state index contributed by atoms with van der Waals surface area (Å²) in [6.07, 6.45) is 17.1. The Morgan fingerprint density at radius 1 is 1.05 bits per heavy atom. The van der Waals surface area contributed by atoms with Gasteiger partial charge in [0.25, 0.3) is 0 Å². The van der Waals surface area contributed by atoms with Gasteiger partial charge in [-0.15, -0.1) is 0 Å². The van der Waals surface area contributed by atoms with Crippen LogP contribution < -0.4 is 24.8 Å². The van der Waals surface area contributed by atoms with Crippen LogP contribution in [0.15, 0.2) is 47.6 Å². The summed E-state index contributed by atoms with van der Waals surface area (Å²) in [4.78, 5) is 0. The van der Waals surface area contributed by atoms with Crippen molar-refractivity contribution < 1.29 is 48.0 Å². The monoisotopic (exact) mass is 374 g/mol. The van der Waals surface area contributed by atoms with Crippen molar-refractivity contribution in [2.75, 3.05) is 0 Å². The molecule has 0 nitrogen and oxygen atoms in total. The van der Waals surface area contributed by atoms with Crippen molar-refractivity contribution in [1.29, 1.82) is 0 Å². The third-order valence-corrected chi connectivity index (χ3v) is 8.62. The van der Waals surface area contributed by atoms with Gasteiger partial charge in [-0.25, -0.2) is 0 Å². The molecular formula is C16H22Cl2Zr. The molecule has 0 saturated carbocycles. The van der Waals surface area contributed by atoms with Gasteiger partial charge in [0.2, 0.25) is 0 Å². The molecule has 2 aliphatic carbocycles. The van der Waals surface area contributed by atoms with E-state index in [9.17, 15) is 0 Å². The smallest absolute Gasteiger partial charge is 1.00 e. The quantitative estimate of drug-likeness (QED) is 0.606. The van der Waals surface area contributed by atoms with Crippen LogP contribution in [0.1, 0.15) is 40.5 Å². The van der Waals surface area contributed by atoms with Crippen LogP contribution in [0, 0.1) is 0 Å². The maximum absolute atomic E-state index is 2.57. The zero-order valence-electron chi connectivity index (χ0n) is 12.1. The third kappa shape index (κ3) is 4.45. The Balaban J connectivity index is 0.00000162. The SMILES string of the molecule is CCC1=C[C](CC)([Zr+2][C]2(C)C=CC(C)=C2)C=C1.[Cl-].[Cl-]. The summed E-state index contributed by atoms with van der Waals surface area (Å²) in [5.41, 5.74) is 2.99. The van der Waals surface area contributed by atoms with E-state index in [1.807, 2.05) is 0 Å². The number of allylic oxidation sites excluding steroid dienone is 8. The van der Waals surface area contributed by atoms with Gasteiger partial charge >= 0.3 is 118 Å². The molecule has 0 aromatic heterocycles. The van der Waals surface area contributed by atoms with Crippen LogP contribution >= 0.6 is 0 Å². The predicted molar refractivity (Wildman–Crippen MR) is 71.8 cm³/mol. The van der Waals surface area contributed by atoms with Crippen molar-refractivity contribution in [2.24, 2.45) is 0 Å². The van der Waals surface area contributed by atoms with Crippen molar-refractivity contribution >= 4 is 0 Å². The molecule has 0 heterocycles. The fourth-order valence-corrected chi connectivity index (χ4v) is 7.83. The van der Waals surface area contributed by atoms with Gasteiger partial charge in [-0.05, 0) is 0 Å². The van der Waals surface area contributed by atoms with Crippen LogP contribution in [-0.4, -0.2) is 0 Å². The average molecular weight is 376 g/mol. The topological polar surface area (TPSA) is 0 Å². The molecule has 0 aliphatic heterocycles. The first-order valence-corrected chi connectivity index (χ1v) is 9.06. The second-order valence-corrected chi connectivity index (χ2v) is 11.0. The van der Waals surface area contributed by atoms with Gasteiger partial charge in [0.1, 0.15) is 0 Å². The first-order chi connectivity index (χ1) is 8.01. The van der Waals surface area contributed by atoms with E-state index in [2.05, 4.69) is 64.2 Å². The third-order valence-electron chi connectivity index (χ3n) is 3.75. The van der Waals surface area contributed by atoms with Crippen molar-refractivity contribution in [3.63, 3.8) is 0 Å². The molecule has 0 aromatic carbocycles. The molecule has 0 bridgehead atoms. The van der Waals surface area contributed by atoms with Crippen molar-refractivity contribution in [1.82, 2.24) is 0 Å². The normalized spacial score (nSPS) is 31.2. The minimum atomic E-state index is -0.560. The van der Waals surface area contributed by atoms with E-state index in [0.717, 1.165) is 0 Å². The maximum atomic E-state index is 2.57. The Labute approximate surface area is 141 Å². The van der Waals surface area contributed by atoms with Crippen LogP contribution in [-0.2, 0) is 23.2 Å². The molecule has 0 saturated heterocycles. The van der Waals surface area contributed by atoms with Gasteiger partial charge < -0.3 is 24.8 Å². The largest absolute Gasteiger partial charge is 1.00 e. The molecule has 0 N–H and O–H groups in total. The minimum Gasteiger partial charge on any atom is -1.00 e. The molecule has 2 rings (SSSR count). The Hall–Kier alpha value is 0.423. The summed E-state index contributed by atoms with van der Waals surface area (Å²) in [5.74, 6) is 0. The van der Waals surface area contributed by atoms with Gasteiger partial charge in [-0.3, -0.25) is 0 Å². The first-order valence-electron chi connectivity index (χ1n) is 6.60. The molecule has 0 fully saturated rings. The van der Waals surface area contributed by atoms with Gasteiger partial charge in [0, 0.05) is 0 Å². The minimum absolute atomic E-state index is 0. The molecule has 0 radical (unpaired) electrons. The summed E-state index contributed by atoms with van der Waals surface area (Å²) < 4.78 is 0.863. The Morgan fingerprint density at radius 3 is 2.16 bits per heavy atom. The van der Waals surface area contributed by atoms with E-state index >= 15 is 0 Å². The summed E-state index contributed by atoms with van der Waals surface area (Å²) in [6.45, 7) is 9.25. The predicted octanol–water partition coefficient (Wildman–Crippen LogP) is -0.753. The molecule has 3 heteroatoms. The first kappa shape index (κ1) is 19.4. The summed E-state index contributed by atoms with van der Waals surface area (Å²) in [6, 6.07) is 0. The molecule has 2 aliphatic rings. The van der Waals surface area contributed by atoms with Crippen LogP contribution in [0.3, 0.4) is 0 Å². The van der Waals surface area contributed by atoms with Crippen molar-refractivity contribution in [3.05, 3.63) is 47.6 Å².